The molecule has 0 saturated carbocycles. The number of aryl methyl sites for hydroxylation is 3. The Kier molecular flexibility index (Phi) is 4.74. The molecule has 0 radical (unpaired) electrons. The molecule has 0 unspecified atom stereocenters. The Morgan fingerprint density at radius 3 is 2.76 bits per heavy atom. The van der Waals surface area contributed by atoms with E-state index in [2.05, 4.69) is 20.4 Å². The van der Waals surface area contributed by atoms with Crippen molar-refractivity contribution in [1.29, 1.82) is 0 Å². The Hall–Kier alpha value is -3.22. The summed E-state index contributed by atoms with van der Waals surface area (Å²) in [6.07, 6.45) is 0.509. The smallest absolute Gasteiger partial charge is 0.259 e. The number of hydrogen-bond acceptors (Lipinski definition) is 5. The number of benzene rings is 1. The van der Waals surface area contributed by atoms with E-state index < -0.39 is 0 Å². The molecular formula is C18H18N4O3. The van der Waals surface area contributed by atoms with Crippen molar-refractivity contribution < 1.29 is 9.32 Å². The van der Waals surface area contributed by atoms with Crippen molar-refractivity contribution in [1.82, 2.24) is 15.1 Å². The van der Waals surface area contributed by atoms with E-state index in [4.69, 9.17) is 4.52 Å². The van der Waals surface area contributed by atoms with E-state index >= 15 is 0 Å². The predicted molar refractivity (Wildman–Crippen MR) is 93.2 cm³/mol. The Morgan fingerprint density at radius 1 is 1.20 bits per heavy atom. The number of nitrogens with one attached hydrogen (secondary N) is 2. The molecule has 0 aliphatic rings. The van der Waals surface area contributed by atoms with Gasteiger partial charge in [-0.3, -0.25) is 9.59 Å². The molecule has 2 heterocycles. The average molecular weight is 338 g/mol. The first-order valence-corrected chi connectivity index (χ1v) is 7.91. The second-order valence-corrected chi connectivity index (χ2v) is 5.76. The number of aromatic nitrogens is 3. The van der Waals surface area contributed by atoms with Gasteiger partial charge in [-0.1, -0.05) is 23.4 Å². The number of carbonyl (C=O) groups excluding carboxylic acids is 1. The van der Waals surface area contributed by atoms with Crippen molar-refractivity contribution in [3.05, 3.63) is 63.9 Å². The number of rotatable bonds is 5. The molecule has 7 heteroatoms. The summed E-state index contributed by atoms with van der Waals surface area (Å²) < 4.78 is 5.13. The van der Waals surface area contributed by atoms with E-state index in [0.29, 0.717) is 17.9 Å². The summed E-state index contributed by atoms with van der Waals surface area (Å²) in [4.78, 5) is 30.8. The molecule has 1 amide bonds. The summed E-state index contributed by atoms with van der Waals surface area (Å²) in [6.45, 7) is 3.72. The van der Waals surface area contributed by atoms with Crippen LogP contribution in [0.2, 0.25) is 0 Å². The summed E-state index contributed by atoms with van der Waals surface area (Å²) in [5, 5.41) is 6.67. The Balaban J connectivity index is 1.63. The number of pyridine rings is 1. The lowest BCUT2D eigenvalue weighted by molar-refractivity contribution is -0.116. The molecule has 25 heavy (non-hydrogen) atoms. The molecular weight excluding hydrogens is 320 g/mol. The van der Waals surface area contributed by atoms with Gasteiger partial charge in [0.05, 0.1) is 5.56 Å². The van der Waals surface area contributed by atoms with Crippen LogP contribution in [0, 0.1) is 13.8 Å². The minimum Gasteiger partial charge on any atom is -0.339 e. The standard InChI is InChI=1S/C18H18N4O3/c1-11-5-3-4-6-14(11)20-15(23)9-10-16-21-17(22-25-16)13-8-7-12(2)19-18(13)24/h3-8H,9-10H2,1-2H3,(H,19,24)(H,20,23). The van der Waals surface area contributed by atoms with E-state index in [1.807, 2.05) is 31.2 Å². The summed E-state index contributed by atoms with van der Waals surface area (Å²) in [5.41, 5.74) is 2.60. The van der Waals surface area contributed by atoms with Gasteiger partial charge in [0.25, 0.3) is 5.56 Å². The minimum atomic E-state index is -0.273. The number of amides is 1. The van der Waals surface area contributed by atoms with Crippen LogP contribution in [0.4, 0.5) is 5.69 Å². The summed E-state index contributed by atoms with van der Waals surface area (Å²) in [6, 6.07) is 11.0. The van der Waals surface area contributed by atoms with E-state index in [9.17, 15) is 9.59 Å². The Bertz CT molecular complexity index is 959. The first-order valence-electron chi connectivity index (χ1n) is 7.91. The third-order valence-corrected chi connectivity index (χ3v) is 3.75. The van der Waals surface area contributed by atoms with Crippen molar-refractivity contribution in [2.24, 2.45) is 0 Å². The minimum absolute atomic E-state index is 0.137. The molecule has 2 N–H and O–H groups in total. The number of aromatic amines is 1. The molecule has 0 aliphatic heterocycles. The van der Waals surface area contributed by atoms with Crippen molar-refractivity contribution in [2.45, 2.75) is 26.7 Å². The van der Waals surface area contributed by atoms with Gasteiger partial charge in [-0.15, -0.1) is 0 Å². The highest BCUT2D eigenvalue weighted by Gasteiger charge is 2.13. The zero-order valence-electron chi connectivity index (χ0n) is 14.0. The third kappa shape index (κ3) is 4.00. The van der Waals surface area contributed by atoms with Crippen LogP contribution in [0.25, 0.3) is 11.4 Å². The largest absolute Gasteiger partial charge is 0.339 e. The van der Waals surface area contributed by atoms with Crippen LogP contribution in [0.1, 0.15) is 23.6 Å². The molecule has 3 rings (SSSR count). The maximum absolute atomic E-state index is 12.1. The molecule has 0 fully saturated rings. The Labute approximate surface area is 144 Å². The molecule has 2 aromatic heterocycles. The first-order chi connectivity index (χ1) is 12.0. The van der Waals surface area contributed by atoms with Gasteiger partial charge in [-0.05, 0) is 37.6 Å². The van der Waals surface area contributed by atoms with Crippen LogP contribution >= 0.6 is 0 Å². The van der Waals surface area contributed by atoms with E-state index in [1.54, 1.807) is 19.1 Å². The van der Waals surface area contributed by atoms with Gasteiger partial charge in [0, 0.05) is 24.2 Å². The van der Waals surface area contributed by atoms with Crippen LogP contribution < -0.4 is 10.9 Å². The number of H-pyrrole nitrogens is 1. The molecule has 0 bridgehead atoms. The number of carbonyl (C=O) groups is 1. The maximum atomic E-state index is 12.1. The zero-order chi connectivity index (χ0) is 17.8. The third-order valence-electron chi connectivity index (χ3n) is 3.75. The first kappa shape index (κ1) is 16.6. The number of anilines is 1. The lowest BCUT2D eigenvalue weighted by atomic mass is 10.2. The highest BCUT2D eigenvalue weighted by Crippen LogP contribution is 2.15. The van der Waals surface area contributed by atoms with Gasteiger partial charge >= 0.3 is 0 Å². The van der Waals surface area contributed by atoms with Crippen LogP contribution in [0.15, 0.2) is 45.7 Å². The van der Waals surface area contributed by atoms with Gasteiger partial charge in [-0.2, -0.15) is 4.98 Å². The van der Waals surface area contributed by atoms with E-state index in [1.165, 1.54) is 0 Å². The fraction of sp³-hybridized carbons (Fsp3) is 0.222. The molecule has 3 aromatic rings. The topological polar surface area (TPSA) is 101 Å². The van der Waals surface area contributed by atoms with Crippen LogP contribution in [0.5, 0.6) is 0 Å². The maximum Gasteiger partial charge on any atom is 0.259 e. The van der Waals surface area contributed by atoms with Crippen molar-refractivity contribution in [3.8, 4) is 11.4 Å². The lowest BCUT2D eigenvalue weighted by Crippen LogP contribution is -2.13. The number of para-hydroxylation sites is 1. The van der Waals surface area contributed by atoms with Gasteiger partial charge < -0.3 is 14.8 Å². The predicted octanol–water partition coefficient (Wildman–Crippen LogP) is 2.61. The highest BCUT2D eigenvalue weighted by atomic mass is 16.5. The van der Waals surface area contributed by atoms with Crippen LogP contribution in [0.3, 0.4) is 0 Å². The second kappa shape index (κ2) is 7.12. The number of nitrogens with zero attached hydrogens (tertiary/aromatic N) is 2. The zero-order valence-corrected chi connectivity index (χ0v) is 14.0. The molecule has 0 spiro atoms. The van der Waals surface area contributed by atoms with Gasteiger partial charge in [0.2, 0.25) is 17.6 Å². The molecule has 0 atom stereocenters. The number of hydrogen-bond donors (Lipinski definition) is 2. The van der Waals surface area contributed by atoms with Crippen molar-refractivity contribution in [2.75, 3.05) is 5.32 Å². The SMILES string of the molecule is Cc1ccc(-c2noc(CCC(=O)Nc3ccccc3C)n2)c(=O)[nH]1. The fourth-order valence-corrected chi connectivity index (χ4v) is 2.36. The fourth-order valence-electron chi connectivity index (χ4n) is 2.36. The highest BCUT2D eigenvalue weighted by molar-refractivity contribution is 5.91. The lowest BCUT2D eigenvalue weighted by Gasteiger charge is -2.06. The van der Waals surface area contributed by atoms with Gasteiger partial charge in [0.1, 0.15) is 0 Å². The average Bonchev–Trinajstić information content (AvgIpc) is 3.04. The monoisotopic (exact) mass is 338 g/mol. The molecule has 0 aliphatic carbocycles. The van der Waals surface area contributed by atoms with Crippen LogP contribution in [-0.2, 0) is 11.2 Å². The molecule has 7 nitrogen and oxygen atoms in total. The normalized spacial score (nSPS) is 10.6. The molecule has 0 saturated heterocycles. The second-order valence-electron chi connectivity index (χ2n) is 5.76. The van der Waals surface area contributed by atoms with Crippen molar-refractivity contribution in [3.63, 3.8) is 0 Å². The van der Waals surface area contributed by atoms with E-state index in [-0.39, 0.29) is 23.7 Å². The summed E-state index contributed by atoms with van der Waals surface area (Å²) in [5.74, 6) is 0.396. The van der Waals surface area contributed by atoms with Crippen molar-refractivity contribution >= 4 is 11.6 Å². The molecule has 1 aromatic carbocycles. The summed E-state index contributed by atoms with van der Waals surface area (Å²) >= 11 is 0. The van der Waals surface area contributed by atoms with E-state index in [0.717, 1.165) is 16.9 Å². The van der Waals surface area contributed by atoms with Gasteiger partial charge in [-0.25, -0.2) is 0 Å². The van der Waals surface area contributed by atoms with Crippen LogP contribution in [-0.4, -0.2) is 21.0 Å². The summed E-state index contributed by atoms with van der Waals surface area (Å²) in [7, 11) is 0. The Morgan fingerprint density at radius 2 is 2.00 bits per heavy atom. The quantitative estimate of drug-likeness (QED) is 0.745. The van der Waals surface area contributed by atoms with Gasteiger partial charge in [0.15, 0.2) is 0 Å². The molecule has 128 valence electrons.